The number of nitrogens with one attached hydrogen (secondary N) is 2. The molecule has 0 bridgehead atoms. The zero-order valence-corrected chi connectivity index (χ0v) is 14.8. The second-order valence-corrected chi connectivity index (χ2v) is 5.30. The van der Waals surface area contributed by atoms with Crippen molar-refractivity contribution in [2.24, 2.45) is 4.99 Å². The number of rotatable bonds is 7. The smallest absolute Gasteiger partial charge is 0.195 e. The van der Waals surface area contributed by atoms with Crippen molar-refractivity contribution in [3.05, 3.63) is 53.8 Å². The lowest BCUT2D eigenvalue weighted by molar-refractivity contribution is 0.311. The Bertz CT molecular complexity index is 720. The van der Waals surface area contributed by atoms with Crippen LogP contribution in [0.1, 0.15) is 12.5 Å². The predicted octanol–water partition coefficient (Wildman–Crippen LogP) is 3.46. The van der Waals surface area contributed by atoms with Gasteiger partial charge in [-0.05, 0) is 43.2 Å². The Morgan fingerprint density at radius 3 is 2.68 bits per heavy atom. The monoisotopic (exact) mass is 345 g/mol. The Morgan fingerprint density at radius 1 is 1.16 bits per heavy atom. The van der Waals surface area contributed by atoms with Crippen molar-refractivity contribution in [1.82, 2.24) is 5.32 Å². The van der Waals surface area contributed by atoms with Crippen molar-refractivity contribution in [2.45, 2.75) is 13.3 Å². The molecule has 25 heavy (non-hydrogen) atoms. The summed E-state index contributed by atoms with van der Waals surface area (Å²) in [5, 5.41) is 6.41. The van der Waals surface area contributed by atoms with Crippen LogP contribution in [0.5, 0.6) is 11.5 Å². The van der Waals surface area contributed by atoms with Crippen LogP contribution in [0, 0.1) is 5.82 Å². The van der Waals surface area contributed by atoms with E-state index in [4.69, 9.17) is 9.47 Å². The van der Waals surface area contributed by atoms with Crippen LogP contribution in [0.3, 0.4) is 0 Å². The van der Waals surface area contributed by atoms with E-state index >= 15 is 0 Å². The van der Waals surface area contributed by atoms with Gasteiger partial charge in [-0.15, -0.1) is 0 Å². The van der Waals surface area contributed by atoms with E-state index in [0.29, 0.717) is 37.0 Å². The number of hydrogen-bond acceptors (Lipinski definition) is 3. The highest BCUT2D eigenvalue weighted by molar-refractivity contribution is 5.93. The predicted molar refractivity (Wildman–Crippen MR) is 99.3 cm³/mol. The topological polar surface area (TPSA) is 54.9 Å². The van der Waals surface area contributed by atoms with Gasteiger partial charge in [0.25, 0.3) is 0 Å². The summed E-state index contributed by atoms with van der Waals surface area (Å²) in [6.45, 7) is 3.14. The first-order chi connectivity index (χ1) is 12.2. The van der Waals surface area contributed by atoms with Crippen molar-refractivity contribution in [3.8, 4) is 11.5 Å². The molecular formula is C19H24FN3O2. The number of guanidine groups is 1. The third kappa shape index (κ3) is 5.67. The van der Waals surface area contributed by atoms with E-state index in [1.54, 1.807) is 20.2 Å². The van der Waals surface area contributed by atoms with E-state index in [1.165, 1.54) is 12.1 Å². The minimum atomic E-state index is -0.221. The zero-order chi connectivity index (χ0) is 18.1. The maximum Gasteiger partial charge on any atom is 0.195 e. The van der Waals surface area contributed by atoms with Gasteiger partial charge < -0.3 is 20.1 Å². The summed E-state index contributed by atoms with van der Waals surface area (Å²) in [6.07, 6.45) is 0.699. The number of anilines is 1. The highest BCUT2D eigenvalue weighted by Gasteiger charge is 2.07. The number of halogens is 1. The van der Waals surface area contributed by atoms with Crippen molar-refractivity contribution in [3.63, 3.8) is 0 Å². The van der Waals surface area contributed by atoms with Crippen molar-refractivity contribution < 1.29 is 13.9 Å². The summed E-state index contributed by atoms with van der Waals surface area (Å²) in [7, 11) is 3.30. The standard InChI is InChI=1S/C19H24FN3O2/c1-4-25-17-9-8-16(13-18(17)24-3)23-19(21-2)22-11-10-14-6-5-7-15(20)12-14/h5-9,12-13H,4,10-11H2,1-3H3,(H2,21,22,23). The largest absolute Gasteiger partial charge is 0.493 e. The molecule has 2 N–H and O–H groups in total. The van der Waals surface area contributed by atoms with E-state index < -0.39 is 0 Å². The molecular weight excluding hydrogens is 321 g/mol. The van der Waals surface area contributed by atoms with Crippen molar-refractivity contribution in [2.75, 3.05) is 32.6 Å². The van der Waals surface area contributed by atoms with Gasteiger partial charge in [-0.1, -0.05) is 12.1 Å². The minimum absolute atomic E-state index is 0.221. The SMILES string of the molecule is CCOc1ccc(NC(=NC)NCCc2cccc(F)c2)cc1OC. The molecule has 2 aromatic rings. The van der Waals surface area contributed by atoms with Gasteiger partial charge in [0.1, 0.15) is 5.82 Å². The molecule has 0 heterocycles. The molecule has 0 atom stereocenters. The average molecular weight is 345 g/mol. The molecule has 2 rings (SSSR count). The van der Waals surface area contributed by atoms with Gasteiger partial charge in [0.2, 0.25) is 0 Å². The summed E-state index contributed by atoms with van der Waals surface area (Å²) in [5.74, 6) is 1.76. The minimum Gasteiger partial charge on any atom is -0.493 e. The Balaban J connectivity index is 1.93. The van der Waals surface area contributed by atoms with Gasteiger partial charge in [0.15, 0.2) is 17.5 Å². The molecule has 5 nitrogen and oxygen atoms in total. The normalized spacial score (nSPS) is 11.1. The van der Waals surface area contributed by atoms with Gasteiger partial charge >= 0.3 is 0 Å². The van der Waals surface area contributed by atoms with Crippen LogP contribution in [0.2, 0.25) is 0 Å². The van der Waals surface area contributed by atoms with Crippen LogP contribution in [0.25, 0.3) is 0 Å². The molecule has 0 saturated carbocycles. The molecule has 0 aromatic heterocycles. The van der Waals surface area contributed by atoms with E-state index in [9.17, 15) is 4.39 Å². The first-order valence-electron chi connectivity index (χ1n) is 8.19. The number of methoxy groups -OCH3 is 1. The molecule has 2 aromatic carbocycles. The third-order valence-electron chi connectivity index (χ3n) is 3.54. The lowest BCUT2D eigenvalue weighted by atomic mass is 10.1. The first-order valence-corrected chi connectivity index (χ1v) is 8.19. The van der Waals surface area contributed by atoms with Crippen LogP contribution in [0.15, 0.2) is 47.5 Å². The van der Waals surface area contributed by atoms with Crippen molar-refractivity contribution >= 4 is 11.6 Å². The quantitative estimate of drug-likeness (QED) is 0.596. The maximum absolute atomic E-state index is 13.2. The number of benzene rings is 2. The highest BCUT2D eigenvalue weighted by atomic mass is 19.1. The number of ether oxygens (including phenoxy) is 2. The highest BCUT2D eigenvalue weighted by Crippen LogP contribution is 2.30. The number of nitrogens with zero attached hydrogens (tertiary/aromatic N) is 1. The van der Waals surface area contributed by atoms with Crippen LogP contribution in [-0.4, -0.2) is 33.3 Å². The molecule has 0 spiro atoms. The molecule has 0 saturated heterocycles. The zero-order valence-electron chi connectivity index (χ0n) is 14.8. The summed E-state index contributed by atoms with van der Waals surface area (Å²) < 4.78 is 24.0. The fourth-order valence-corrected chi connectivity index (χ4v) is 2.35. The maximum atomic E-state index is 13.2. The van der Waals surface area contributed by atoms with Gasteiger partial charge in [-0.3, -0.25) is 4.99 Å². The van der Waals surface area contributed by atoms with Gasteiger partial charge in [0.05, 0.1) is 13.7 Å². The van der Waals surface area contributed by atoms with E-state index in [1.807, 2.05) is 31.2 Å². The Morgan fingerprint density at radius 2 is 2.00 bits per heavy atom. The third-order valence-corrected chi connectivity index (χ3v) is 3.54. The number of aliphatic imine (C=N–C) groups is 1. The van der Waals surface area contributed by atoms with Crippen LogP contribution in [-0.2, 0) is 6.42 Å². The molecule has 0 radical (unpaired) electrons. The fraction of sp³-hybridized carbons (Fsp3) is 0.316. The summed E-state index contributed by atoms with van der Waals surface area (Å²) in [6, 6.07) is 12.2. The Labute approximate surface area is 147 Å². The van der Waals surface area contributed by atoms with Gasteiger partial charge in [0, 0.05) is 25.3 Å². The van der Waals surface area contributed by atoms with Gasteiger partial charge in [-0.2, -0.15) is 0 Å². The second kappa shape index (κ2) is 9.52. The first kappa shape index (κ1) is 18.6. The summed E-state index contributed by atoms with van der Waals surface area (Å²) in [5.41, 5.74) is 1.77. The molecule has 0 unspecified atom stereocenters. The molecule has 0 aliphatic carbocycles. The molecule has 0 fully saturated rings. The fourth-order valence-electron chi connectivity index (χ4n) is 2.35. The summed E-state index contributed by atoms with van der Waals surface area (Å²) >= 11 is 0. The number of hydrogen-bond donors (Lipinski definition) is 2. The molecule has 6 heteroatoms. The Hall–Kier alpha value is -2.76. The molecule has 0 amide bonds. The molecule has 0 aliphatic rings. The van der Waals surface area contributed by atoms with E-state index in [2.05, 4.69) is 15.6 Å². The van der Waals surface area contributed by atoms with E-state index in [0.717, 1.165) is 11.3 Å². The lowest BCUT2D eigenvalue weighted by Gasteiger charge is -2.14. The van der Waals surface area contributed by atoms with E-state index in [-0.39, 0.29) is 5.82 Å². The molecule has 0 aliphatic heterocycles. The van der Waals surface area contributed by atoms with Crippen LogP contribution >= 0.6 is 0 Å². The van der Waals surface area contributed by atoms with Gasteiger partial charge in [-0.25, -0.2) is 4.39 Å². The van der Waals surface area contributed by atoms with Crippen LogP contribution in [0.4, 0.5) is 10.1 Å². The van der Waals surface area contributed by atoms with Crippen LogP contribution < -0.4 is 20.1 Å². The lowest BCUT2D eigenvalue weighted by Crippen LogP contribution is -2.32. The second-order valence-electron chi connectivity index (χ2n) is 5.30. The Kier molecular flexibility index (Phi) is 7.07. The van der Waals surface area contributed by atoms with Crippen molar-refractivity contribution in [1.29, 1.82) is 0 Å². The molecule has 134 valence electrons. The summed E-state index contributed by atoms with van der Waals surface area (Å²) in [4.78, 5) is 4.19. The average Bonchev–Trinajstić information content (AvgIpc) is 2.62.